The third-order valence-corrected chi connectivity index (χ3v) is 4.12. The van der Waals surface area contributed by atoms with E-state index >= 15 is 0 Å². The zero-order valence-corrected chi connectivity index (χ0v) is 6.43. The van der Waals surface area contributed by atoms with Crippen molar-refractivity contribution in [3.05, 3.63) is 0 Å². The lowest BCUT2D eigenvalue weighted by molar-refractivity contribution is -0.107. The zero-order valence-electron chi connectivity index (χ0n) is 5.62. The van der Waals surface area contributed by atoms with Gasteiger partial charge in [0.25, 0.3) is 0 Å². The Morgan fingerprint density at radius 3 is 2.60 bits per heavy atom. The molecule has 1 aliphatic heterocycles. The van der Waals surface area contributed by atoms with Crippen LogP contribution in [0, 0.1) is 0 Å². The monoisotopic (exact) mass is 162 g/mol. The van der Waals surface area contributed by atoms with Crippen molar-refractivity contribution in [3.8, 4) is 0 Å². The van der Waals surface area contributed by atoms with E-state index in [1.165, 1.54) is 0 Å². The van der Waals surface area contributed by atoms with Crippen molar-refractivity contribution in [2.75, 3.05) is 5.75 Å². The number of carbonyl (C=O) groups is 1. The normalized spacial score (nSPS) is 30.2. The fourth-order valence-corrected chi connectivity index (χ4v) is 3.03. The van der Waals surface area contributed by atoms with Crippen LogP contribution in [0.3, 0.4) is 0 Å². The molecule has 0 radical (unpaired) electrons. The molecule has 0 aromatic heterocycles. The van der Waals surface area contributed by atoms with Gasteiger partial charge in [-0.2, -0.15) is 0 Å². The van der Waals surface area contributed by atoms with Crippen molar-refractivity contribution < 1.29 is 13.2 Å². The maximum atomic E-state index is 11.0. The van der Waals surface area contributed by atoms with Crippen molar-refractivity contribution in [2.24, 2.45) is 0 Å². The van der Waals surface area contributed by atoms with E-state index in [9.17, 15) is 13.2 Å². The summed E-state index contributed by atoms with van der Waals surface area (Å²) in [6.07, 6.45) is 2.26. The molecule has 0 N–H and O–H groups in total. The van der Waals surface area contributed by atoms with Crippen molar-refractivity contribution in [2.45, 2.75) is 24.5 Å². The molecule has 1 rings (SSSR count). The highest BCUT2D eigenvalue weighted by Crippen LogP contribution is 2.21. The average Bonchev–Trinajstić information content (AvgIpc) is 2.13. The lowest BCUT2D eigenvalue weighted by Gasteiger charge is -2.01. The van der Waals surface area contributed by atoms with Gasteiger partial charge >= 0.3 is 0 Å². The number of hydrogen-bond acceptors (Lipinski definition) is 3. The number of sulfone groups is 1. The molecule has 58 valence electrons. The van der Waals surface area contributed by atoms with Crippen LogP contribution in [0.4, 0.5) is 0 Å². The van der Waals surface area contributed by atoms with E-state index < -0.39 is 9.84 Å². The Kier molecular flexibility index (Phi) is 2.08. The average molecular weight is 162 g/mol. The lowest BCUT2D eigenvalue weighted by Crippen LogP contribution is -2.15. The Labute approximate surface area is 60.3 Å². The Balaban J connectivity index is 2.69. The molecule has 0 aromatic carbocycles. The minimum Gasteiger partial charge on any atom is -0.303 e. The molecular weight excluding hydrogens is 152 g/mol. The predicted molar refractivity (Wildman–Crippen MR) is 37.5 cm³/mol. The van der Waals surface area contributed by atoms with Crippen molar-refractivity contribution in [1.82, 2.24) is 0 Å². The van der Waals surface area contributed by atoms with Crippen molar-refractivity contribution >= 4 is 16.1 Å². The van der Waals surface area contributed by atoms with Gasteiger partial charge in [0.05, 0.1) is 11.0 Å². The van der Waals surface area contributed by atoms with Crippen LogP contribution in [-0.4, -0.2) is 25.7 Å². The highest BCUT2D eigenvalue weighted by molar-refractivity contribution is 7.92. The fourth-order valence-electron chi connectivity index (χ4n) is 1.23. The summed E-state index contributed by atoms with van der Waals surface area (Å²) in [5.74, 6) is 0.269. The molecule has 0 aromatic rings. The first-order valence-corrected chi connectivity index (χ1v) is 5.03. The van der Waals surface area contributed by atoms with Crippen LogP contribution in [0.2, 0.25) is 0 Å². The molecule has 0 aliphatic carbocycles. The molecule has 1 fully saturated rings. The van der Waals surface area contributed by atoms with Gasteiger partial charge in [0, 0.05) is 6.42 Å². The maximum Gasteiger partial charge on any atom is 0.153 e. The second kappa shape index (κ2) is 2.70. The molecule has 3 nitrogen and oxygen atoms in total. The molecule has 0 bridgehead atoms. The molecular formula is C6H10O3S. The van der Waals surface area contributed by atoms with Gasteiger partial charge in [0.15, 0.2) is 9.84 Å². The lowest BCUT2D eigenvalue weighted by atomic mass is 10.2. The first kappa shape index (κ1) is 7.72. The Morgan fingerprint density at radius 1 is 1.50 bits per heavy atom. The van der Waals surface area contributed by atoms with Gasteiger partial charge in [-0.1, -0.05) is 0 Å². The second-order valence-corrected chi connectivity index (χ2v) is 4.93. The van der Waals surface area contributed by atoms with E-state index in [-0.39, 0.29) is 17.4 Å². The van der Waals surface area contributed by atoms with Crippen LogP contribution >= 0.6 is 0 Å². The minimum atomic E-state index is -2.88. The number of aldehydes is 1. The molecule has 1 saturated heterocycles. The summed E-state index contributed by atoms with van der Waals surface area (Å²) in [6.45, 7) is 0. The van der Waals surface area contributed by atoms with Gasteiger partial charge < -0.3 is 4.79 Å². The molecule has 0 saturated carbocycles. The van der Waals surface area contributed by atoms with E-state index in [0.717, 1.165) is 6.42 Å². The van der Waals surface area contributed by atoms with Crippen LogP contribution < -0.4 is 0 Å². The Morgan fingerprint density at radius 2 is 2.20 bits per heavy atom. The molecule has 1 heterocycles. The Bertz CT molecular complexity index is 217. The van der Waals surface area contributed by atoms with Gasteiger partial charge in [-0.25, -0.2) is 8.42 Å². The summed E-state index contributed by atoms with van der Waals surface area (Å²) in [7, 11) is -2.88. The van der Waals surface area contributed by atoms with E-state index in [1.54, 1.807) is 0 Å². The summed E-state index contributed by atoms with van der Waals surface area (Å²) in [6, 6.07) is 0. The van der Waals surface area contributed by atoms with Gasteiger partial charge in [-0.05, 0) is 12.8 Å². The first-order chi connectivity index (χ1) is 4.67. The van der Waals surface area contributed by atoms with Crippen LogP contribution in [0.25, 0.3) is 0 Å². The SMILES string of the molecule is O=CCC1CCCS1(=O)=O. The van der Waals surface area contributed by atoms with Gasteiger partial charge in [-0.3, -0.25) is 0 Å². The van der Waals surface area contributed by atoms with Gasteiger partial charge in [0.2, 0.25) is 0 Å². The van der Waals surface area contributed by atoms with Crippen LogP contribution in [0.15, 0.2) is 0 Å². The van der Waals surface area contributed by atoms with E-state index in [4.69, 9.17) is 0 Å². The van der Waals surface area contributed by atoms with Gasteiger partial charge in [-0.15, -0.1) is 0 Å². The molecule has 4 heteroatoms. The minimum absolute atomic E-state index is 0.183. The summed E-state index contributed by atoms with van der Waals surface area (Å²) < 4.78 is 22.0. The van der Waals surface area contributed by atoms with Crippen LogP contribution in [-0.2, 0) is 14.6 Å². The quantitative estimate of drug-likeness (QED) is 0.543. The smallest absolute Gasteiger partial charge is 0.153 e. The van der Waals surface area contributed by atoms with E-state index in [1.807, 2.05) is 0 Å². The first-order valence-electron chi connectivity index (χ1n) is 3.32. The second-order valence-electron chi connectivity index (χ2n) is 2.53. The number of carbonyl (C=O) groups excluding carboxylic acids is 1. The molecule has 1 aliphatic rings. The number of hydrogen-bond donors (Lipinski definition) is 0. The van der Waals surface area contributed by atoms with Gasteiger partial charge in [0.1, 0.15) is 6.29 Å². The number of rotatable bonds is 2. The maximum absolute atomic E-state index is 11.0. The Hall–Kier alpha value is -0.380. The largest absolute Gasteiger partial charge is 0.303 e. The highest BCUT2D eigenvalue weighted by atomic mass is 32.2. The van der Waals surface area contributed by atoms with Crippen LogP contribution in [0.5, 0.6) is 0 Å². The predicted octanol–water partition coefficient (Wildman–Crippen LogP) is 0.153. The third-order valence-electron chi connectivity index (χ3n) is 1.82. The summed E-state index contributed by atoms with van der Waals surface area (Å²) in [5.41, 5.74) is 0. The van der Waals surface area contributed by atoms with Crippen molar-refractivity contribution in [3.63, 3.8) is 0 Å². The van der Waals surface area contributed by atoms with Crippen LogP contribution in [0.1, 0.15) is 19.3 Å². The molecule has 10 heavy (non-hydrogen) atoms. The molecule has 1 atom stereocenters. The highest BCUT2D eigenvalue weighted by Gasteiger charge is 2.30. The summed E-state index contributed by atoms with van der Waals surface area (Å²) >= 11 is 0. The fraction of sp³-hybridized carbons (Fsp3) is 0.833. The molecule has 0 spiro atoms. The standard InChI is InChI=1S/C6H10O3S/c7-4-3-6-2-1-5-10(6,8)9/h4,6H,1-3,5H2. The topological polar surface area (TPSA) is 51.2 Å². The zero-order chi connectivity index (χ0) is 7.61. The van der Waals surface area contributed by atoms with E-state index in [2.05, 4.69) is 0 Å². The third kappa shape index (κ3) is 1.37. The molecule has 1 unspecified atom stereocenters. The molecule has 0 amide bonds. The van der Waals surface area contributed by atoms with Crippen molar-refractivity contribution in [1.29, 1.82) is 0 Å². The summed E-state index contributed by atoms with van der Waals surface area (Å²) in [4.78, 5) is 9.98. The van der Waals surface area contributed by atoms with E-state index in [0.29, 0.717) is 12.7 Å². The summed E-state index contributed by atoms with van der Waals surface area (Å²) in [5, 5.41) is -0.370.